The highest BCUT2D eigenvalue weighted by molar-refractivity contribution is 5.97. The first-order chi connectivity index (χ1) is 15.1. The Morgan fingerprint density at radius 3 is 2.42 bits per heavy atom. The van der Waals surface area contributed by atoms with E-state index in [-0.39, 0.29) is 24.1 Å². The average molecular weight is 432 g/mol. The number of carbonyl (C=O) groups excluding carboxylic acids is 2. The highest BCUT2D eigenvalue weighted by atomic mass is 16.5. The highest BCUT2D eigenvalue weighted by Gasteiger charge is 2.28. The molecule has 170 valence electrons. The predicted octanol–water partition coefficient (Wildman–Crippen LogP) is 3.40. The SMILES string of the molecule is COc1ccc(NC(=O)N(C[C@H]2CCCO2)C[C@H]2CCCO2)cc1N1CCCCC1=O. The molecule has 3 aliphatic heterocycles. The van der Waals surface area contributed by atoms with Gasteiger partial charge in [-0.2, -0.15) is 0 Å². The molecular formula is C23H33N3O5. The van der Waals surface area contributed by atoms with Gasteiger partial charge in [0.1, 0.15) is 5.75 Å². The molecule has 3 aliphatic rings. The Bertz CT molecular complexity index is 756. The minimum Gasteiger partial charge on any atom is -0.495 e. The third-order valence-electron chi connectivity index (χ3n) is 6.23. The minimum absolute atomic E-state index is 0.0737. The molecule has 8 nitrogen and oxygen atoms in total. The fraction of sp³-hybridized carbons (Fsp3) is 0.652. The monoisotopic (exact) mass is 431 g/mol. The molecule has 3 saturated heterocycles. The fourth-order valence-corrected chi connectivity index (χ4v) is 4.55. The van der Waals surface area contributed by atoms with Gasteiger partial charge in [-0.05, 0) is 56.7 Å². The van der Waals surface area contributed by atoms with Crippen LogP contribution in [0.25, 0.3) is 0 Å². The van der Waals surface area contributed by atoms with Crippen molar-refractivity contribution >= 4 is 23.3 Å². The van der Waals surface area contributed by atoms with Gasteiger partial charge in [0.25, 0.3) is 0 Å². The molecule has 0 radical (unpaired) electrons. The van der Waals surface area contributed by atoms with Crippen molar-refractivity contribution in [2.24, 2.45) is 0 Å². The van der Waals surface area contributed by atoms with Crippen molar-refractivity contribution < 1.29 is 23.8 Å². The zero-order valence-electron chi connectivity index (χ0n) is 18.3. The summed E-state index contributed by atoms with van der Waals surface area (Å²) in [5.41, 5.74) is 1.35. The maximum atomic E-state index is 13.2. The first-order valence-electron chi connectivity index (χ1n) is 11.4. The lowest BCUT2D eigenvalue weighted by atomic mass is 10.1. The van der Waals surface area contributed by atoms with Crippen LogP contribution >= 0.6 is 0 Å². The van der Waals surface area contributed by atoms with Crippen molar-refractivity contribution in [3.63, 3.8) is 0 Å². The van der Waals surface area contributed by atoms with E-state index in [1.165, 1.54) is 0 Å². The normalized spacial score (nSPS) is 23.8. The van der Waals surface area contributed by atoms with Crippen LogP contribution in [0, 0.1) is 0 Å². The Morgan fingerprint density at radius 1 is 1.13 bits per heavy atom. The molecule has 8 heteroatoms. The fourth-order valence-electron chi connectivity index (χ4n) is 4.55. The van der Waals surface area contributed by atoms with Gasteiger partial charge in [-0.1, -0.05) is 0 Å². The summed E-state index contributed by atoms with van der Waals surface area (Å²) in [6, 6.07) is 5.27. The van der Waals surface area contributed by atoms with Crippen LogP contribution < -0.4 is 15.0 Å². The number of ether oxygens (including phenoxy) is 3. The molecule has 3 fully saturated rings. The number of nitrogens with one attached hydrogen (secondary N) is 1. The van der Waals surface area contributed by atoms with Gasteiger partial charge in [0, 0.05) is 45.0 Å². The number of hydrogen-bond acceptors (Lipinski definition) is 5. The third-order valence-corrected chi connectivity index (χ3v) is 6.23. The zero-order valence-corrected chi connectivity index (χ0v) is 18.3. The largest absolute Gasteiger partial charge is 0.495 e. The second-order valence-electron chi connectivity index (χ2n) is 8.49. The molecule has 0 saturated carbocycles. The number of hydrogen-bond donors (Lipinski definition) is 1. The van der Waals surface area contributed by atoms with E-state index < -0.39 is 0 Å². The van der Waals surface area contributed by atoms with Crippen molar-refractivity contribution in [3.8, 4) is 5.75 Å². The molecule has 0 bridgehead atoms. The van der Waals surface area contributed by atoms with E-state index in [2.05, 4.69) is 5.32 Å². The third kappa shape index (κ3) is 5.49. The Labute approximate surface area is 183 Å². The zero-order chi connectivity index (χ0) is 21.6. The van der Waals surface area contributed by atoms with Crippen molar-refractivity contribution in [2.45, 2.75) is 57.2 Å². The second kappa shape index (κ2) is 10.3. The summed E-state index contributed by atoms with van der Waals surface area (Å²) in [5, 5.41) is 3.02. The Morgan fingerprint density at radius 2 is 1.84 bits per heavy atom. The van der Waals surface area contributed by atoms with Gasteiger partial charge in [0.15, 0.2) is 0 Å². The minimum atomic E-state index is -0.174. The van der Waals surface area contributed by atoms with E-state index in [1.54, 1.807) is 18.1 Å². The summed E-state index contributed by atoms with van der Waals surface area (Å²) in [7, 11) is 1.59. The van der Waals surface area contributed by atoms with Crippen LogP contribution in [0.2, 0.25) is 0 Å². The van der Waals surface area contributed by atoms with Gasteiger partial charge in [-0.3, -0.25) is 4.79 Å². The maximum absolute atomic E-state index is 13.2. The first-order valence-corrected chi connectivity index (χ1v) is 11.4. The van der Waals surface area contributed by atoms with Crippen LogP contribution in [0.15, 0.2) is 18.2 Å². The van der Waals surface area contributed by atoms with E-state index in [0.717, 1.165) is 51.7 Å². The molecule has 1 N–H and O–H groups in total. The molecule has 2 atom stereocenters. The lowest BCUT2D eigenvalue weighted by Crippen LogP contribution is -2.44. The molecule has 4 rings (SSSR count). The number of urea groups is 1. The van der Waals surface area contributed by atoms with Crippen molar-refractivity contribution in [1.29, 1.82) is 0 Å². The Balaban J connectivity index is 1.48. The molecule has 31 heavy (non-hydrogen) atoms. The van der Waals surface area contributed by atoms with Gasteiger partial charge < -0.3 is 29.3 Å². The Kier molecular flexibility index (Phi) is 7.29. The van der Waals surface area contributed by atoms with Crippen LogP contribution in [-0.2, 0) is 14.3 Å². The molecule has 3 heterocycles. The molecule has 0 aliphatic carbocycles. The highest BCUT2D eigenvalue weighted by Crippen LogP contribution is 2.33. The smallest absolute Gasteiger partial charge is 0.322 e. The summed E-state index contributed by atoms with van der Waals surface area (Å²) in [6.07, 6.45) is 6.57. The molecule has 0 aromatic heterocycles. The molecule has 1 aromatic carbocycles. The standard InChI is InChI=1S/C23H33N3O5/c1-29-21-10-9-17(14-20(21)26-11-3-2-8-22(26)27)24-23(28)25(15-18-6-4-12-30-18)16-19-7-5-13-31-19/h9-10,14,18-19H,2-8,11-13,15-16H2,1H3,(H,24,28)/t18-,19-/m1/s1. The summed E-state index contributed by atoms with van der Waals surface area (Å²) in [4.78, 5) is 29.2. The molecule has 3 amide bonds. The van der Waals surface area contributed by atoms with Gasteiger partial charge >= 0.3 is 6.03 Å². The Hall–Kier alpha value is -2.32. The van der Waals surface area contributed by atoms with E-state index in [0.29, 0.717) is 43.2 Å². The number of carbonyl (C=O) groups is 2. The summed E-state index contributed by atoms with van der Waals surface area (Å²) >= 11 is 0. The topological polar surface area (TPSA) is 80.3 Å². The number of amides is 3. The van der Waals surface area contributed by atoms with E-state index in [9.17, 15) is 9.59 Å². The van der Waals surface area contributed by atoms with Gasteiger partial charge in [0.05, 0.1) is 25.0 Å². The van der Waals surface area contributed by atoms with Crippen LogP contribution in [0.4, 0.5) is 16.2 Å². The molecule has 0 unspecified atom stereocenters. The number of nitrogens with zero attached hydrogens (tertiary/aromatic N) is 2. The number of benzene rings is 1. The van der Waals surface area contributed by atoms with Gasteiger partial charge in [-0.15, -0.1) is 0 Å². The van der Waals surface area contributed by atoms with Crippen LogP contribution in [0.3, 0.4) is 0 Å². The number of methoxy groups -OCH3 is 1. The number of piperidine rings is 1. The van der Waals surface area contributed by atoms with Gasteiger partial charge in [-0.25, -0.2) is 4.79 Å². The molecular weight excluding hydrogens is 398 g/mol. The van der Waals surface area contributed by atoms with Gasteiger partial charge in [0.2, 0.25) is 5.91 Å². The number of rotatable bonds is 7. The summed E-state index contributed by atoms with van der Waals surface area (Å²) < 4.78 is 17.0. The quantitative estimate of drug-likeness (QED) is 0.716. The van der Waals surface area contributed by atoms with Crippen molar-refractivity contribution in [1.82, 2.24) is 4.90 Å². The van der Waals surface area contributed by atoms with E-state index in [4.69, 9.17) is 14.2 Å². The number of anilines is 2. The second-order valence-corrected chi connectivity index (χ2v) is 8.49. The average Bonchev–Trinajstić information content (AvgIpc) is 3.48. The van der Waals surface area contributed by atoms with E-state index in [1.807, 2.05) is 17.0 Å². The van der Waals surface area contributed by atoms with Crippen LogP contribution in [0.5, 0.6) is 5.75 Å². The summed E-state index contributed by atoms with van der Waals surface area (Å²) in [6.45, 7) is 3.28. The molecule has 1 aromatic rings. The van der Waals surface area contributed by atoms with E-state index >= 15 is 0 Å². The van der Waals surface area contributed by atoms with Crippen LogP contribution in [0.1, 0.15) is 44.9 Å². The van der Waals surface area contributed by atoms with Crippen molar-refractivity contribution in [3.05, 3.63) is 18.2 Å². The van der Waals surface area contributed by atoms with Crippen molar-refractivity contribution in [2.75, 3.05) is 50.2 Å². The predicted molar refractivity (Wildman–Crippen MR) is 118 cm³/mol. The van der Waals surface area contributed by atoms with Crippen LogP contribution in [-0.4, -0.2) is 69.0 Å². The lowest BCUT2D eigenvalue weighted by Gasteiger charge is -2.30. The first kappa shape index (κ1) is 21.9. The summed E-state index contributed by atoms with van der Waals surface area (Å²) in [5.74, 6) is 0.718. The molecule has 0 spiro atoms. The lowest BCUT2D eigenvalue weighted by molar-refractivity contribution is -0.119. The maximum Gasteiger partial charge on any atom is 0.322 e.